The van der Waals surface area contributed by atoms with E-state index in [1.807, 2.05) is 0 Å². The first-order valence-electron chi connectivity index (χ1n) is 23.1. The first-order chi connectivity index (χ1) is 28.9. The predicted octanol–water partition coefficient (Wildman–Crippen LogP) is 12.4. The lowest BCUT2D eigenvalue weighted by Gasteiger charge is -2.53. The van der Waals surface area contributed by atoms with Crippen LogP contribution in [0.4, 0.5) is 22.7 Å². The SMILES string of the molecule is CC(C)(C)c1ccc2c(c1)C1(C)CCCCC1(C)N2c1cc2c3c(c1)-n1c4ccccc4c4cccc(c41)B3c1cc(-c3ccccc3)cc3c1N2C1(C)CCCCC31C. The van der Waals surface area contributed by atoms with Crippen molar-refractivity contribution >= 4 is 67.7 Å². The van der Waals surface area contributed by atoms with Crippen LogP contribution in [-0.4, -0.2) is 22.4 Å². The summed E-state index contributed by atoms with van der Waals surface area (Å²) in [6.07, 6.45) is 9.90. The average molecular weight is 782 g/mol. The monoisotopic (exact) mass is 781 g/mol. The minimum atomic E-state index is -0.0617. The Morgan fingerprint density at radius 1 is 0.533 bits per heavy atom. The van der Waals surface area contributed by atoms with Gasteiger partial charge in [0.05, 0.1) is 16.6 Å². The van der Waals surface area contributed by atoms with E-state index >= 15 is 0 Å². The molecule has 7 aromatic rings. The fourth-order valence-electron chi connectivity index (χ4n) is 14.3. The normalized spacial score (nSPS) is 26.9. The van der Waals surface area contributed by atoms with Crippen LogP contribution in [0.2, 0.25) is 0 Å². The molecule has 0 amide bonds. The van der Waals surface area contributed by atoms with Crippen molar-refractivity contribution in [3.63, 3.8) is 0 Å². The van der Waals surface area contributed by atoms with Gasteiger partial charge in [-0.1, -0.05) is 145 Å². The quantitative estimate of drug-likeness (QED) is 0.162. The average Bonchev–Trinajstić information content (AvgIpc) is 3.78. The second-order valence-electron chi connectivity index (χ2n) is 21.5. The van der Waals surface area contributed by atoms with Gasteiger partial charge in [-0.05, 0) is 119 Å². The zero-order chi connectivity index (χ0) is 40.7. The number of hydrogen-bond donors (Lipinski definition) is 0. The van der Waals surface area contributed by atoms with Gasteiger partial charge in [0, 0.05) is 55.6 Å². The molecule has 5 heterocycles. The van der Waals surface area contributed by atoms with Gasteiger partial charge in [0.1, 0.15) is 0 Å². The highest BCUT2D eigenvalue weighted by molar-refractivity contribution is 7.00. The summed E-state index contributed by atoms with van der Waals surface area (Å²) in [5.74, 6) is 0. The van der Waals surface area contributed by atoms with Crippen molar-refractivity contribution in [2.45, 2.75) is 127 Å². The van der Waals surface area contributed by atoms with Gasteiger partial charge in [-0.25, -0.2) is 0 Å². The number of aromatic nitrogens is 1. The van der Waals surface area contributed by atoms with Crippen LogP contribution in [0.3, 0.4) is 0 Å². The molecule has 4 unspecified atom stereocenters. The van der Waals surface area contributed by atoms with E-state index in [0.717, 1.165) is 0 Å². The predicted molar refractivity (Wildman–Crippen MR) is 255 cm³/mol. The molecule has 0 spiro atoms. The van der Waals surface area contributed by atoms with E-state index in [4.69, 9.17) is 0 Å². The number of para-hydroxylation sites is 2. The third-order valence-electron chi connectivity index (χ3n) is 17.8. The highest BCUT2D eigenvalue weighted by Crippen LogP contribution is 2.64. The molecule has 2 aliphatic carbocycles. The summed E-state index contributed by atoms with van der Waals surface area (Å²) < 4.78 is 2.69. The summed E-state index contributed by atoms with van der Waals surface area (Å²) >= 11 is 0. The zero-order valence-electron chi connectivity index (χ0n) is 36.5. The fourth-order valence-corrected chi connectivity index (χ4v) is 14.3. The van der Waals surface area contributed by atoms with Crippen LogP contribution in [0.5, 0.6) is 0 Å². The van der Waals surface area contributed by atoms with E-state index in [1.54, 1.807) is 11.1 Å². The summed E-state index contributed by atoms with van der Waals surface area (Å²) in [7, 11) is 0. The molecule has 0 radical (unpaired) electrons. The van der Waals surface area contributed by atoms with Crippen molar-refractivity contribution in [2.24, 2.45) is 0 Å². The second kappa shape index (κ2) is 11.4. The molecule has 1 aromatic heterocycles. The minimum Gasteiger partial charge on any atom is -0.335 e. The van der Waals surface area contributed by atoms with Crippen LogP contribution < -0.4 is 26.2 Å². The molecule has 4 heteroatoms. The summed E-state index contributed by atoms with van der Waals surface area (Å²) in [5, 5.41) is 2.70. The van der Waals surface area contributed by atoms with Crippen LogP contribution >= 0.6 is 0 Å². The Balaban J connectivity index is 1.17. The van der Waals surface area contributed by atoms with Gasteiger partial charge in [-0.15, -0.1) is 0 Å². The Hall–Kier alpha value is -5.22. The van der Waals surface area contributed by atoms with Crippen LogP contribution in [0.25, 0.3) is 38.6 Å². The van der Waals surface area contributed by atoms with Crippen LogP contribution in [0, 0.1) is 0 Å². The molecule has 298 valence electrons. The molecule has 6 aliphatic rings. The van der Waals surface area contributed by atoms with Crippen molar-refractivity contribution < 1.29 is 0 Å². The van der Waals surface area contributed by atoms with E-state index in [-0.39, 0.29) is 34.0 Å². The molecule has 2 fully saturated rings. The van der Waals surface area contributed by atoms with Gasteiger partial charge in [0.2, 0.25) is 0 Å². The van der Waals surface area contributed by atoms with Gasteiger partial charge in [-0.2, -0.15) is 0 Å². The first-order valence-corrected chi connectivity index (χ1v) is 23.1. The molecule has 0 bridgehead atoms. The van der Waals surface area contributed by atoms with Gasteiger partial charge < -0.3 is 14.4 Å². The number of nitrogens with zero attached hydrogens (tertiary/aromatic N) is 3. The lowest BCUT2D eigenvalue weighted by molar-refractivity contribution is 0.194. The van der Waals surface area contributed by atoms with E-state index in [0.29, 0.717) is 0 Å². The number of anilines is 4. The van der Waals surface area contributed by atoms with Gasteiger partial charge in [-0.3, -0.25) is 0 Å². The number of benzene rings is 6. The van der Waals surface area contributed by atoms with Crippen molar-refractivity contribution in [3.05, 3.63) is 132 Å². The molecular weight excluding hydrogens is 725 g/mol. The Kier molecular flexibility index (Phi) is 6.74. The Labute approximate surface area is 356 Å². The maximum Gasteiger partial charge on any atom is 0.252 e. The summed E-state index contributed by atoms with van der Waals surface area (Å²) in [4.78, 5) is 5.79. The molecule has 0 saturated heterocycles. The van der Waals surface area contributed by atoms with E-state index in [1.165, 1.54) is 135 Å². The standard InChI is InChI=1S/C56H56BN3/c1-52(2,3)37-24-25-46-41(32-37)53(4)26-13-15-28-55(53,6)59(46)38-33-47-49-48(34-38)60-51-42(54(5)27-14-16-29-56(54,60)7)30-36(35-18-9-8-10-19-35)31-44(51)57(49)43-22-17-21-40-39-20-11-12-23-45(39)58(47)50(40)43/h8-12,17-25,30-34H,13-16,26-29H2,1-7H3. The number of rotatable bonds is 2. The molecule has 13 rings (SSSR count). The van der Waals surface area contributed by atoms with Crippen LogP contribution in [0.1, 0.15) is 117 Å². The van der Waals surface area contributed by atoms with Crippen molar-refractivity contribution in [3.8, 4) is 16.8 Å². The smallest absolute Gasteiger partial charge is 0.252 e. The summed E-state index contributed by atoms with van der Waals surface area (Å²) in [5.41, 5.74) is 21.4. The molecule has 60 heavy (non-hydrogen) atoms. The summed E-state index contributed by atoms with van der Waals surface area (Å²) in [6, 6.07) is 45.7. The first kappa shape index (κ1) is 35.5. The highest BCUT2D eigenvalue weighted by atomic mass is 15.3. The third kappa shape index (κ3) is 4.06. The molecular formula is C56H56BN3. The lowest BCUT2D eigenvalue weighted by atomic mass is 9.33. The van der Waals surface area contributed by atoms with Crippen LogP contribution in [-0.2, 0) is 16.2 Å². The molecule has 4 aliphatic heterocycles. The Morgan fingerprint density at radius 2 is 1.20 bits per heavy atom. The van der Waals surface area contributed by atoms with Crippen LogP contribution in [0.15, 0.2) is 115 Å². The van der Waals surface area contributed by atoms with Crippen molar-refractivity contribution in [2.75, 3.05) is 9.80 Å². The van der Waals surface area contributed by atoms with Gasteiger partial charge in [0.25, 0.3) is 6.71 Å². The molecule has 4 atom stereocenters. The maximum atomic E-state index is 2.93. The minimum absolute atomic E-state index is 0.0159. The van der Waals surface area contributed by atoms with Crippen molar-refractivity contribution in [1.29, 1.82) is 0 Å². The maximum absolute atomic E-state index is 2.93. The summed E-state index contributed by atoms with van der Waals surface area (Å²) in [6.45, 7) is 17.7. The zero-order valence-corrected chi connectivity index (χ0v) is 36.5. The topological polar surface area (TPSA) is 11.4 Å². The largest absolute Gasteiger partial charge is 0.335 e. The third-order valence-corrected chi connectivity index (χ3v) is 17.8. The molecule has 3 nitrogen and oxygen atoms in total. The molecule has 0 N–H and O–H groups in total. The lowest BCUT2D eigenvalue weighted by Crippen LogP contribution is -2.64. The van der Waals surface area contributed by atoms with E-state index < -0.39 is 0 Å². The molecule has 6 aromatic carbocycles. The number of fused-ring (bicyclic) bond motifs is 13. The second-order valence-corrected chi connectivity index (χ2v) is 21.5. The fraction of sp³-hybridized carbons (Fsp3) is 0.357. The molecule has 2 saturated carbocycles. The van der Waals surface area contributed by atoms with Crippen molar-refractivity contribution in [1.82, 2.24) is 4.57 Å². The van der Waals surface area contributed by atoms with E-state index in [2.05, 4.69) is 178 Å². The Bertz CT molecular complexity index is 3020. The van der Waals surface area contributed by atoms with Gasteiger partial charge >= 0.3 is 0 Å². The highest BCUT2D eigenvalue weighted by Gasteiger charge is 2.62. The van der Waals surface area contributed by atoms with E-state index in [9.17, 15) is 0 Å². The van der Waals surface area contributed by atoms with Gasteiger partial charge in [0.15, 0.2) is 0 Å². The Morgan fingerprint density at radius 3 is 1.97 bits per heavy atom. The number of hydrogen-bond acceptors (Lipinski definition) is 2.